The maximum atomic E-state index is 13.4. The molecule has 0 unspecified atom stereocenters. The van der Waals surface area contributed by atoms with E-state index >= 15 is 0 Å². The van der Waals surface area contributed by atoms with Crippen LogP contribution in [0, 0.1) is 6.92 Å². The molecule has 3 aromatic rings. The zero-order valence-electron chi connectivity index (χ0n) is 15.7. The van der Waals surface area contributed by atoms with Crippen LogP contribution < -0.4 is 0 Å². The standard InChI is InChI=1S/C23H23NO3S/c1-18-12-14-21(15-13-18)28(25,26)24-17-22(20-10-6-3-7-11-20)27-23(24)16-19-8-4-2-5-9-19/h2-15,22-23H,16-17H2,1H3/t22-,23-/m0/s1. The second kappa shape index (κ2) is 7.87. The van der Waals surface area contributed by atoms with Gasteiger partial charge in [0.05, 0.1) is 11.0 Å². The van der Waals surface area contributed by atoms with Crippen molar-refractivity contribution in [3.05, 3.63) is 102 Å². The van der Waals surface area contributed by atoms with Crippen molar-refractivity contribution >= 4 is 10.0 Å². The van der Waals surface area contributed by atoms with Gasteiger partial charge in [0.1, 0.15) is 6.23 Å². The summed E-state index contributed by atoms with van der Waals surface area (Å²) in [6.07, 6.45) is -0.316. The molecule has 4 rings (SSSR count). The minimum absolute atomic E-state index is 0.282. The number of benzene rings is 3. The monoisotopic (exact) mass is 393 g/mol. The van der Waals surface area contributed by atoms with Gasteiger partial charge in [0.2, 0.25) is 10.0 Å². The number of sulfonamides is 1. The maximum absolute atomic E-state index is 13.4. The zero-order valence-corrected chi connectivity index (χ0v) is 16.5. The van der Waals surface area contributed by atoms with E-state index in [1.807, 2.05) is 79.7 Å². The molecule has 1 aliphatic rings. The van der Waals surface area contributed by atoms with E-state index in [-0.39, 0.29) is 6.10 Å². The van der Waals surface area contributed by atoms with Crippen LogP contribution in [0.4, 0.5) is 0 Å². The molecular formula is C23H23NO3S. The highest BCUT2D eigenvalue weighted by Crippen LogP contribution is 2.34. The van der Waals surface area contributed by atoms with Gasteiger partial charge >= 0.3 is 0 Å². The van der Waals surface area contributed by atoms with Crippen molar-refractivity contribution in [1.82, 2.24) is 4.31 Å². The van der Waals surface area contributed by atoms with Gasteiger partial charge in [0, 0.05) is 13.0 Å². The Bertz CT molecular complexity index is 1020. The van der Waals surface area contributed by atoms with Crippen LogP contribution in [-0.2, 0) is 21.2 Å². The topological polar surface area (TPSA) is 46.6 Å². The summed E-state index contributed by atoms with van der Waals surface area (Å²) in [7, 11) is -3.66. The van der Waals surface area contributed by atoms with E-state index in [1.165, 1.54) is 4.31 Å². The fraction of sp³-hybridized carbons (Fsp3) is 0.217. The molecule has 0 amide bonds. The van der Waals surface area contributed by atoms with Gasteiger partial charge in [-0.2, -0.15) is 4.31 Å². The molecule has 0 radical (unpaired) electrons. The van der Waals surface area contributed by atoms with E-state index in [0.717, 1.165) is 16.7 Å². The lowest BCUT2D eigenvalue weighted by molar-refractivity contribution is 0.0220. The molecule has 0 bridgehead atoms. The fourth-order valence-corrected chi connectivity index (χ4v) is 5.01. The molecule has 1 fully saturated rings. The molecule has 4 nitrogen and oxygen atoms in total. The van der Waals surface area contributed by atoms with Crippen molar-refractivity contribution in [2.45, 2.75) is 30.6 Å². The van der Waals surface area contributed by atoms with Crippen LogP contribution in [0.1, 0.15) is 22.8 Å². The summed E-state index contributed by atoms with van der Waals surface area (Å²) in [5, 5.41) is 0. The van der Waals surface area contributed by atoms with Crippen molar-refractivity contribution in [2.75, 3.05) is 6.54 Å². The van der Waals surface area contributed by atoms with E-state index < -0.39 is 16.3 Å². The summed E-state index contributed by atoms with van der Waals surface area (Å²) in [4.78, 5) is 0.300. The Hall–Kier alpha value is -2.47. The largest absolute Gasteiger partial charge is 0.352 e. The molecule has 2 atom stereocenters. The van der Waals surface area contributed by atoms with Crippen LogP contribution >= 0.6 is 0 Å². The lowest BCUT2D eigenvalue weighted by atomic mass is 10.1. The number of hydrogen-bond donors (Lipinski definition) is 0. The molecule has 5 heteroatoms. The van der Waals surface area contributed by atoms with E-state index in [9.17, 15) is 8.42 Å². The highest BCUT2D eigenvalue weighted by Gasteiger charge is 2.41. The Morgan fingerprint density at radius 1 is 0.893 bits per heavy atom. The molecule has 1 aliphatic heterocycles. The van der Waals surface area contributed by atoms with E-state index in [1.54, 1.807) is 12.1 Å². The second-order valence-corrected chi connectivity index (χ2v) is 8.96. The summed E-state index contributed by atoms with van der Waals surface area (Å²) in [6.45, 7) is 2.25. The highest BCUT2D eigenvalue weighted by molar-refractivity contribution is 7.89. The number of ether oxygens (including phenoxy) is 1. The number of hydrogen-bond acceptors (Lipinski definition) is 3. The average molecular weight is 394 g/mol. The normalized spacial score (nSPS) is 20.3. The van der Waals surface area contributed by atoms with Crippen molar-refractivity contribution in [2.24, 2.45) is 0 Å². The predicted octanol–water partition coefficient (Wildman–Crippen LogP) is 4.33. The summed E-state index contributed by atoms with van der Waals surface area (Å²) in [6, 6.07) is 26.6. The number of rotatable bonds is 5. The lowest BCUT2D eigenvalue weighted by Crippen LogP contribution is -2.37. The fourth-order valence-electron chi connectivity index (χ4n) is 3.50. The Labute approximate surface area is 166 Å². The average Bonchev–Trinajstić information content (AvgIpc) is 3.14. The quantitative estimate of drug-likeness (QED) is 0.648. The second-order valence-electron chi connectivity index (χ2n) is 7.07. The molecule has 144 valence electrons. The third-order valence-corrected chi connectivity index (χ3v) is 6.91. The molecule has 0 saturated carbocycles. The zero-order chi connectivity index (χ0) is 19.6. The molecule has 0 N–H and O–H groups in total. The van der Waals surface area contributed by atoms with Crippen LogP contribution in [0.3, 0.4) is 0 Å². The Morgan fingerprint density at radius 2 is 1.50 bits per heavy atom. The minimum atomic E-state index is -3.66. The third-order valence-electron chi connectivity index (χ3n) is 5.04. The smallest absolute Gasteiger partial charge is 0.245 e. The van der Waals surface area contributed by atoms with Crippen molar-refractivity contribution < 1.29 is 13.2 Å². The van der Waals surface area contributed by atoms with Crippen LogP contribution in [0.15, 0.2) is 89.8 Å². The Balaban J connectivity index is 1.67. The van der Waals surface area contributed by atoms with Gasteiger partial charge in [0.15, 0.2) is 0 Å². The van der Waals surface area contributed by atoms with Crippen LogP contribution in [-0.4, -0.2) is 25.5 Å². The number of aryl methyl sites for hydroxylation is 1. The molecule has 3 aromatic carbocycles. The Morgan fingerprint density at radius 3 is 2.14 bits per heavy atom. The number of nitrogens with zero attached hydrogens (tertiary/aromatic N) is 1. The molecule has 0 spiro atoms. The SMILES string of the molecule is Cc1ccc(S(=O)(=O)N2C[C@@H](c3ccccc3)O[C@H]2Cc2ccccc2)cc1. The first-order chi connectivity index (χ1) is 13.5. The van der Waals surface area contributed by atoms with Gasteiger partial charge in [-0.3, -0.25) is 0 Å². The van der Waals surface area contributed by atoms with Gasteiger partial charge in [-0.15, -0.1) is 0 Å². The summed E-state index contributed by atoms with van der Waals surface area (Å²) < 4.78 is 34.5. The minimum Gasteiger partial charge on any atom is -0.352 e. The molecule has 0 aliphatic carbocycles. The molecule has 1 saturated heterocycles. The van der Waals surface area contributed by atoms with E-state index in [0.29, 0.717) is 17.9 Å². The first kappa shape index (κ1) is 18.9. The summed E-state index contributed by atoms with van der Waals surface area (Å²) >= 11 is 0. The first-order valence-corrected chi connectivity index (χ1v) is 10.8. The Kier molecular flexibility index (Phi) is 5.31. The molecule has 28 heavy (non-hydrogen) atoms. The highest BCUT2D eigenvalue weighted by atomic mass is 32.2. The van der Waals surface area contributed by atoms with Crippen LogP contribution in [0.25, 0.3) is 0 Å². The lowest BCUT2D eigenvalue weighted by Gasteiger charge is -2.22. The molecule has 0 aromatic heterocycles. The van der Waals surface area contributed by atoms with E-state index in [2.05, 4.69) is 0 Å². The van der Waals surface area contributed by atoms with Gasteiger partial charge in [-0.05, 0) is 30.2 Å². The summed E-state index contributed by atoms with van der Waals surface area (Å²) in [5.74, 6) is 0. The van der Waals surface area contributed by atoms with Gasteiger partial charge < -0.3 is 4.74 Å². The van der Waals surface area contributed by atoms with Gasteiger partial charge in [-0.25, -0.2) is 8.42 Å². The van der Waals surface area contributed by atoms with Crippen molar-refractivity contribution in [3.63, 3.8) is 0 Å². The molecular weight excluding hydrogens is 370 g/mol. The van der Waals surface area contributed by atoms with Gasteiger partial charge in [-0.1, -0.05) is 78.4 Å². The van der Waals surface area contributed by atoms with Crippen LogP contribution in [0.5, 0.6) is 0 Å². The maximum Gasteiger partial charge on any atom is 0.245 e. The third kappa shape index (κ3) is 3.87. The van der Waals surface area contributed by atoms with E-state index in [4.69, 9.17) is 4.74 Å². The van der Waals surface area contributed by atoms with Gasteiger partial charge in [0.25, 0.3) is 0 Å². The van der Waals surface area contributed by atoms with Crippen molar-refractivity contribution in [3.8, 4) is 0 Å². The predicted molar refractivity (Wildman–Crippen MR) is 109 cm³/mol. The summed E-state index contributed by atoms with van der Waals surface area (Å²) in [5.41, 5.74) is 3.06. The molecule has 1 heterocycles. The first-order valence-electron chi connectivity index (χ1n) is 9.37. The van der Waals surface area contributed by atoms with Crippen LogP contribution in [0.2, 0.25) is 0 Å². The van der Waals surface area contributed by atoms with Crippen molar-refractivity contribution in [1.29, 1.82) is 0 Å².